The molecule has 132 valence electrons. The fourth-order valence-corrected chi connectivity index (χ4v) is 4.01. The highest BCUT2D eigenvalue weighted by atomic mass is 35.5. The maximum atomic E-state index is 12.9. The summed E-state index contributed by atoms with van der Waals surface area (Å²) < 4.78 is 6.62. The van der Waals surface area contributed by atoms with Crippen LogP contribution in [-0.4, -0.2) is 71.3 Å². The van der Waals surface area contributed by atoms with E-state index in [0.717, 1.165) is 19.4 Å². The molecule has 2 saturated heterocycles. The Hall–Kier alpha value is -1.60. The van der Waals surface area contributed by atoms with Crippen LogP contribution in [0.4, 0.5) is 0 Å². The van der Waals surface area contributed by atoms with Gasteiger partial charge in [0, 0.05) is 46.5 Å². The van der Waals surface area contributed by atoms with Gasteiger partial charge < -0.3 is 14.5 Å². The first-order chi connectivity index (χ1) is 11.5. The average molecular weight is 355 g/mol. The van der Waals surface area contributed by atoms with Crippen LogP contribution in [-0.2, 0) is 16.6 Å². The molecule has 0 unspecified atom stereocenters. The van der Waals surface area contributed by atoms with E-state index in [1.807, 2.05) is 4.90 Å². The zero-order chi connectivity index (χ0) is 17.3. The number of amides is 2. The van der Waals surface area contributed by atoms with Crippen molar-refractivity contribution in [2.75, 3.05) is 39.9 Å². The van der Waals surface area contributed by atoms with Gasteiger partial charge >= 0.3 is 0 Å². The second-order valence-corrected chi connectivity index (χ2v) is 7.05. The number of methoxy groups -OCH3 is 1. The molecule has 2 aliphatic heterocycles. The van der Waals surface area contributed by atoms with Crippen LogP contribution >= 0.6 is 11.6 Å². The van der Waals surface area contributed by atoms with Crippen molar-refractivity contribution in [1.82, 2.24) is 19.6 Å². The van der Waals surface area contributed by atoms with Crippen LogP contribution in [0.15, 0.2) is 6.20 Å². The highest BCUT2D eigenvalue weighted by Gasteiger charge is 2.49. The summed E-state index contributed by atoms with van der Waals surface area (Å²) in [6.45, 7) is 2.92. The van der Waals surface area contributed by atoms with Crippen LogP contribution < -0.4 is 0 Å². The summed E-state index contributed by atoms with van der Waals surface area (Å²) in [6.07, 6.45) is 4.10. The van der Waals surface area contributed by atoms with Gasteiger partial charge in [-0.25, -0.2) is 0 Å². The number of hydrogen-bond donors (Lipinski definition) is 0. The number of ether oxygens (including phenoxy) is 1. The monoisotopic (exact) mass is 354 g/mol. The SMILES string of the molecule is COCCN1CCC[C@]2(CCN(C(=O)c3nn(C)cc3Cl)C2)C1=O. The molecule has 1 spiro atoms. The van der Waals surface area contributed by atoms with E-state index in [2.05, 4.69) is 5.10 Å². The molecule has 8 heteroatoms. The van der Waals surface area contributed by atoms with E-state index < -0.39 is 5.41 Å². The number of carbonyl (C=O) groups excluding carboxylic acids is 2. The normalized spacial score (nSPS) is 24.2. The third kappa shape index (κ3) is 3.02. The maximum absolute atomic E-state index is 12.9. The standard InChI is InChI=1S/C16H23ClN4O3/c1-19-10-12(17)13(18-19)14(22)21-7-5-16(11-21)4-3-6-20(15(16)23)8-9-24-2/h10H,3-9,11H2,1-2H3/t16-/m1/s1. The van der Waals surface area contributed by atoms with E-state index in [1.165, 1.54) is 4.68 Å². The maximum Gasteiger partial charge on any atom is 0.275 e. The molecule has 7 nitrogen and oxygen atoms in total. The Bertz CT molecular complexity index is 647. The fourth-order valence-electron chi connectivity index (χ4n) is 3.75. The number of aromatic nitrogens is 2. The van der Waals surface area contributed by atoms with Crippen molar-refractivity contribution >= 4 is 23.4 Å². The molecule has 2 amide bonds. The molecule has 3 rings (SSSR count). The summed E-state index contributed by atoms with van der Waals surface area (Å²) in [5.74, 6) is -0.0486. The van der Waals surface area contributed by atoms with Crippen LogP contribution in [0.3, 0.4) is 0 Å². The second-order valence-electron chi connectivity index (χ2n) is 6.64. The Morgan fingerprint density at radius 3 is 2.88 bits per heavy atom. The Labute approximate surface area is 146 Å². The molecular formula is C16H23ClN4O3. The summed E-state index contributed by atoms with van der Waals surface area (Å²) in [4.78, 5) is 29.2. The Morgan fingerprint density at radius 1 is 1.42 bits per heavy atom. The van der Waals surface area contributed by atoms with E-state index in [9.17, 15) is 9.59 Å². The molecule has 3 heterocycles. The van der Waals surface area contributed by atoms with Crippen molar-refractivity contribution in [3.63, 3.8) is 0 Å². The summed E-state index contributed by atoms with van der Waals surface area (Å²) in [7, 11) is 3.36. The van der Waals surface area contributed by atoms with Gasteiger partial charge in [-0.2, -0.15) is 5.10 Å². The van der Waals surface area contributed by atoms with Gasteiger partial charge in [-0.3, -0.25) is 14.3 Å². The minimum atomic E-state index is -0.455. The first-order valence-corrected chi connectivity index (χ1v) is 8.61. The van der Waals surface area contributed by atoms with Crippen molar-refractivity contribution in [1.29, 1.82) is 0 Å². The summed E-state index contributed by atoms with van der Waals surface area (Å²) in [5.41, 5.74) is -0.196. The van der Waals surface area contributed by atoms with Gasteiger partial charge in [0.05, 0.1) is 17.0 Å². The van der Waals surface area contributed by atoms with E-state index >= 15 is 0 Å². The predicted molar refractivity (Wildman–Crippen MR) is 88.9 cm³/mol. The lowest BCUT2D eigenvalue weighted by Crippen LogP contribution is -2.51. The average Bonchev–Trinajstić information content (AvgIpc) is 3.12. The molecule has 1 aromatic rings. The topological polar surface area (TPSA) is 67.7 Å². The lowest BCUT2D eigenvalue weighted by atomic mass is 9.78. The fraction of sp³-hybridized carbons (Fsp3) is 0.688. The highest BCUT2D eigenvalue weighted by Crippen LogP contribution is 2.40. The van der Waals surface area contributed by atoms with Gasteiger partial charge in [0.25, 0.3) is 5.91 Å². The number of piperidine rings is 1. The summed E-state index contributed by atoms with van der Waals surface area (Å²) in [5, 5.41) is 4.49. The number of aryl methyl sites for hydroxylation is 1. The van der Waals surface area contributed by atoms with Crippen LogP contribution in [0.1, 0.15) is 29.8 Å². The molecule has 0 bridgehead atoms. The largest absolute Gasteiger partial charge is 0.383 e. The Balaban J connectivity index is 1.72. The quantitative estimate of drug-likeness (QED) is 0.814. The van der Waals surface area contributed by atoms with E-state index in [-0.39, 0.29) is 17.5 Å². The number of carbonyl (C=O) groups is 2. The number of hydrogen-bond acceptors (Lipinski definition) is 4. The van der Waals surface area contributed by atoms with Gasteiger partial charge in [-0.1, -0.05) is 11.6 Å². The van der Waals surface area contributed by atoms with Gasteiger partial charge in [-0.05, 0) is 19.3 Å². The number of halogens is 1. The van der Waals surface area contributed by atoms with Gasteiger partial charge in [0.2, 0.25) is 5.91 Å². The molecular weight excluding hydrogens is 332 g/mol. The molecule has 0 N–H and O–H groups in total. The highest BCUT2D eigenvalue weighted by molar-refractivity contribution is 6.33. The van der Waals surface area contributed by atoms with E-state index in [1.54, 1.807) is 25.3 Å². The molecule has 0 aromatic carbocycles. The van der Waals surface area contributed by atoms with Crippen molar-refractivity contribution in [3.05, 3.63) is 16.9 Å². The summed E-state index contributed by atoms with van der Waals surface area (Å²) >= 11 is 6.08. The lowest BCUT2D eigenvalue weighted by Gasteiger charge is -2.39. The Morgan fingerprint density at radius 2 is 2.21 bits per heavy atom. The third-order valence-corrected chi connectivity index (χ3v) is 5.29. The Kier molecular flexibility index (Phi) is 4.83. The molecule has 2 aliphatic rings. The van der Waals surface area contributed by atoms with Crippen molar-refractivity contribution < 1.29 is 14.3 Å². The van der Waals surface area contributed by atoms with Gasteiger partial charge in [0.1, 0.15) is 0 Å². The second kappa shape index (κ2) is 6.72. The van der Waals surface area contributed by atoms with Crippen molar-refractivity contribution in [2.45, 2.75) is 19.3 Å². The smallest absolute Gasteiger partial charge is 0.275 e. The molecule has 0 saturated carbocycles. The van der Waals surface area contributed by atoms with Crippen LogP contribution in [0, 0.1) is 5.41 Å². The zero-order valence-electron chi connectivity index (χ0n) is 14.1. The predicted octanol–water partition coefficient (Wildman–Crippen LogP) is 1.17. The summed E-state index contributed by atoms with van der Waals surface area (Å²) in [6, 6.07) is 0. The van der Waals surface area contributed by atoms with Crippen molar-refractivity contribution in [3.8, 4) is 0 Å². The molecule has 1 atom stereocenters. The zero-order valence-corrected chi connectivity index (χ0v) is 14.9. The molecule has 0 aliphatic carbocycles. The molecule has 24 heavy (non-hydrogen) atoms. The van der Waals surface area contributed by atoms with E-state index in [0.29, 0.717) is 37.7 Å². The molecule has 1 aromatic heterocycles. The van der Waals surface area contributed by atoms with Gasteiger partial charge in [-0.15, -0.1) is 0 Å². The number of rotatable bonds is 4. The minimum absolute atomic E-state index is 0.146. The van der Waals surface area contributed by atoms with Gasteiger partial charge in [0.15, 0.2) is 5.69 Å². The van der Waals surface area contributed by atoms with Crippen molar-refractivity contribution in [2.24, 2.45) is 12.5 Å². The molecule has 0 radical (unpaired) electrons. The van der Waals surface area contributed by atoms with Crippen LogP contribution in [0.2, 0.25) is 5.02 Å². The minimum Gasteiger partial charge on any atom is -0.383 e. The third-order valence-electron chi connectivity index (χ3n) is 5.02. The van der Waals surface area contributed by atoms with E-state index in [4.69, 9.17) is 16.3 Å². The lowest BCUT2D eigenvalue weighted by molar-refractivity contribution is -0.146. The number of likely N-dealkylation sites (tertiary alicyclic amines) is 2. The first-order valence-electron chi connectivity index (χ1n) is 8.23. The number of nitrogens with zero attached hydrogens (tertiary/aromatic N) is 4. The first kappa shape index (κ1) is 17.2. The van der Waals surface area contributed by atoms with Crippen LogP contribution in [0.25, 0.3) is 0 Å². The molecule has 2 fully saturated rings. The van der Waals surface area contributed by atoms with Crippen LogP contribution in [0.5, 0.6) is 0 Å².